The topological polar surface area (TPSA) is 63.1 Å². The first-order valence-corrected chi connectivity index (χ1v) is 6.96. The summed E-state index contributed by atoms with van der Waals surface area (Å²) in [5.74, 6) is 1.51. The first-order valence-electron chi connectivity index (χ1n) is 6.96. The lowest BCUT2D eigenvalue weighted by molar-refractivity contribution is -0.119. The molecule has 0 aliphatic carbocycles. The van der Waals surface area contributed by atoms with Crippen molar-refractivity contribution in [3.05, 3.63) is 12.2 Å². The fourth-order valence-electron chi connectivity index (χ4n) is 2.27. The third-order valence-electron chi connectivity index (χ3n) is 3.20. The number of aromatic nitrogens is 3. The first kappa shape index (κ1) is 14.1. The molecule has 0 aromatic carbocycles. The highest BCUT2D eigenvalue weighted by molar-refractivity contribution is 5.82. The SMILES string of the molecule is CC(C)Cn1ncnc1CC(=O)CN1CCNCC1. The number of nitrogens with one attached hydrogen (secondary N) is 1. The van der Waals surface area contributed by atoms with E-state index in [-0.39, 0.29) is 5.78 Å². The second kappa shape index (κ2) is 6.77. The van der Waals surface area contributed by atoms with Crippen molar-refractivity contribution in [1.29, 1.82) is 0 Å². The van der Waals surface area contributed by atoms with E-state index in [0.29, 0.717) is 18.9 Å². The smallest absolute Gasteiger partial charge is 0.154 e. The van der Waals surface area contributed by atoms with Gasteiger partial charge < -0.3 is 5.32 Å². The molecule has 1 saturated heterocycles. The third kappa shape index (κ3) is 4.40. The Labute approximate surface area is 114 Å². The molecule has 1 aromatic rings. The van der Waals surface area contributed by atoms with Gasteiger partial charge in [-0.3, -0.25) is 9.69 Å². The largest absolute Gasteiger partial charge is 0.314 e. The molecule has 1 aliphatic heterocycles. The number of hydrogen-bond donors (Lipinski definition) is 1. The molecular weight excluding hydrogens is 242 g/mol. The van der Waals surface area contributed by atoms with Gasteiger partial charge in [-0.25, -0.2) is 9.67 Å². The maximum absolute atomic E-state index is 12.1. The Morgan fingerprint density at radius 3 is 2.84 bits per heavy atom. The second-order valence-electron chi connectivity index (χ2n) is 5.49. The molecule has 0 spiro atoms. The fraction of sp³-hybridized carbons (Fsp3) is 0.769. The molecule has 19 heavy (non-hydrogen) atoms. The van der Waals surface area contributed by atoms with Crippen molar-refractivity contribution >= 4 is 5.78 Å². The highest BCUT2D eigenvalue weighted by atomic mass is 16.1. The monoisotopic (exact) mass is 265 g/mol. The minimum atomic E-state index is 0.222. The minimum absolute atomic E-state index is 0.222. The van der Waals surface area contributed by atoms with E-state index in [9.17, 15) is 4.79 Å². The molecule has 1 aromatic heterocycles. The molecule has 6 heteroatoms. The lowest BCUT2D eigenvalue weighted by atomic mass is 10.2. The van der Waals surface area contributed by atoms with Crippen LogP contribution in [-0.4, -0.2) is 58.2 Å². The molecule has 0 bridgehead atoms. The van der Waals surface area contributed by atoms with Crippen LogP contribution >= 0.6 is 0 Å². The highest BCUT2D eigenvalue weighted by Gasteiger charge is 2.16. The van der Waals surface area contributed by atoms with Crippen LogP contribution in [0.3, 0.4) is 0 Å². The molecule has 1 aliphatic rings. The molecule has 0 amide bonds. The van der Waals surface area contributed by atoms with E-state index < -0.39 is 0 Å². The van der Waals surface area contributed by atoms with Crippen molar-refractivity contribution in [3.63, 3.8) is 0 Å². The van der Waals surface area contributed by atoms with E-state index in [1.54, 1.807) is 0 Å². The molecular formula is C13H23N5O. The van der Waals surface area contributed by atoms with Gasteiger partial charge in [-0.2, -0.15) is 5.10 Å². The molecule has 0 radical (unpaired) electrons. The summed E-state index contributed by atoms with van der Waals surface area (Å²) in [5, 5.41) is 7.47. The molecule has 106 valence electrons. The van der Waals surface area contributed by atoms with Crippen molar-refractivity contribution in [2.75, 3.05) is 32.7 Å². The van der Waals surface area contributed by atoms with E-state index in [4.69, 9.17) is 0 Å². The lowest BCUT2D eigenvalue weighted by Gasteiger charge is -2.26. The van der Waals surface area contributed by atoms with Gasteiger partial charge in [0, 0.05) is 32.7 Å². The normalized spacial score (nSPS) is 17.0. The van der Waals surface area contributed by atoms with Gasteiger partial charge in [0.1, 0.15) is 12.2 Å². The summed E-state index contributed by atoms with van der Waals surface area (Å²) in [6.07, 6.45) is 1.92. The van der Waals surface area contributed by atoms with Crippen LogP contribution in [0.4, 0.5) is 0 Å². The predicted molar refractivity (Wildman–Crippen MR) is 72.9 cm³/mol. The fourth-order valence-corrected chi connectivity index (χ4v) is 2.27. The average molecular weight is 265 g/mol. The number of piperazine rings is 1. The average Bonchev–Trinajstić information content (AvgIpc) is 2.77. The number of carbonyl (C=O) groups excluding carboxylic acids is 1. The van der Waals surface area contributed by atoms with Gasteiger partial charge >= 0.3 is 0 Å². The van der Waals surface area contributed by atoms with E-state index in [0.717, 1.165) is 38.5 Å². The third-order valence-corrected chi connectivity index (χ3v) is 3.20. The molecule has 1 N–H and O–H groups in total. The summed E-state index contributed by atoms with van der Waals surface area (Å²) < 4.78 is 1.85. The van der Waals surface area contributed by atoms with E-state index >= 15 is 0 Å². The van der Waals surface area contributed by atoms with Crippen LogP contribution in [0.5, 0.6) is 0 Å². The van der Waals surface area contributed by atoms with Crippen molar-refractivity contribution in [2.45, 2.75) is 26.8 Å². The van der Waals surface area contributed by atoms with Crippen LogP contribution in [0.15, 0.2) is 6.33 Å². The number of hydrogen-bond acceptors (Lipinski definition) is 5. The van der Waals surface area contributed by atoms with Crippen LogP contribution in [0.25, 0.3) is 0 Å². The molecule has 2 heterocycles. The summed E-state index contributed by atoms with van der Waals surface area (Å²) in [7, 11) is 0. The quantitative estimate of drug-likeness (QED) is 0.781. The number of carbonyl (C=O) groups is 1. The van der Waals surface area contributed by atoms with E-state index in [1.165, 1.54) is 6.33 Å². The Kier molecular flexibility index (Phi) is 5.04. The predicted octanol–water partition coefficient (Wildman–Crippen LogP) is -0.0491. The van der Waals surface area contributed by atoms with Crippen LogP contribution in [0.2, 0.25) is 0 Å². The zero-order chi connectivity index (χ0) is 13.7. The minimum Gasteiger partial charge on any atom is -0.314 e. The van der Waals surface area contributed by atoms with E-state index in [1.807, 2.05) is 4.68 Å². The Balaban J connectivity index is 1.86. The van der Waals surface area contributed by atoms with Crippen molar-refractivity contribution < 1.29 is 4.79 Å². The van der Waals surface area contributed by atoms with Crippen LogP contribution < -0.4 is 5.32 Å². The molecule has 0 unspecified atom stereocenters. The van der Waals surface area contributed by atoms with Crippen molar-refractivity contribution in [3.8, 4) is 0 Å². The Hall–Kier alpha value is -1.27. The van der Waals surface area contributed by atoms with Crippen molar-refractivity contribution in [2.24, 2.45) is 5.92 Å². The van der Waals surface area contributed by atoms with Gasteiger partial charge in [0.2, 0.25) is 0 Å². The molecule has 1 fully saturated rings. The summed E-state index contributed by atoms with van der Waals surface area (Å²) >= 11 is 0. The molecule has 0 atom stereocenters. The number of nitrogens with zero attached hydrogens (tertiary/aromatic N) is 4. The second-order valence-corrected chi connectivity index (χ2v) is 5.49. The van der Waals surface area contributed by atoms with Gasteiger partial charge in [-0.1, -0.05) is 13.8 Å². The summed E-state index contributed by atoms with van der Waals surface area (Å²) in [5.41, 5.74) is 0. The summed E-state index contributed by atoms with van der Waals surface area (Å²) in [4.78, 5) is 18.5. The van der Waals surface area contributed by atoms with Crippen molar-refractivity contribution in [1.82, 2.24) is 25.0 Å². The Morgan fingerprint density at radius 1 is 1.42 bits per heavy atom. The summed E-state index contributed by atoms with van der Waals surface area (Å²) in [6.45, 7) is 9.44. The van der Waals surface area contributed by atoms with Gasteiger partial charge in [-0.15, -0.1) is 0 Å². The zero-order valence-corrected chi connectivity index (χ0v) is 11.8. The maximum atomic E-state index is 12.1. The van der Waals surface area contributed by atoms with Gasteiger partial charge in [0.25, 0.3) is 0 Å². The van der Waals surface area contributed by atoms with Gasteiger partial charge in [0.15, 0.2) is 5.78 Å². The van der Waals surface area contributed by atoms with Gasteiger partial charge in [0.05, 0.1) is 13.0 Å². The summed E-state index contributed by atoms with van der Waals surface area (Å²) in [6, 6.07) is 0. The Bertz CT molecular complexity index is 409. The first-order chi connectivity index (χ1) is 9.15. The molecule has 6 nitrogen and oxygen atoms in total. The van der Waals surface area contributed by atoms with E-state index in [2.05, 4.69) is 34.1 Å². The molecule has 2 rings (SSSR count). The lowest BCUT2D eigenvalue weighted by Crippen LogP contribution is -2.45. The number of ketones is 1. The highest BCUT2D eigenvalue weighted by Crippen LogP contribution is 2.03. The number of rotatable bonds is 6. The van der Waals surface area contributed by atoms with Gasteiger partial charge in [-0.05, 0) is 5.92 Å². The van der Waals surface area contributed by atoms with Crippen LogP contribution in [0.1, 0.15) is 19.7 Å². The molecule has 0 saturated carbocycles. The van der Waals surface area contributed by atoms with Crippen LogP contribution in [0, 0.1) is 5.92 Å². The Morgan fingerprint density at radius 2 is 2.16 bits per heavy atom. The maximum Gasteiger partial charge on any atom is 0.154 e. The van der Waals surface area contributed by atoms with Crippen LogP contribution in [-0.2, 0) is 17.8 Å². The number of Topliss-reactive ketones (excluding diaryl/α,β-unsaturated/α-hetero) is 1. The standard InChI is InChI=1S/C13H23N5O/c1-11(2)8-18-13(15-10-16-18)7-12(19)9-17-5-3-14-4-6-17/h10-11,14H,3-9H2,1-2H3. The zero-order valence-electron chi connectivity index (χ0n) is 11.8.